The molecule has 6 atom stereocenters. The van der Waals surface area contributed by atoms with Crippen molar-refractivity contribution in [3.63, 3.8) is 0 Å². The lowest BCUT2D eigenvalue weighted by molar-refractivity contribution is -0.0874. The second-order valence-corrected chi connectivity index (χ2v) is 18.2. The number of hydrogen-bond acceptors (Lipinski definition) is 14. The van der Waals surface area contributed by atoms with Gasteiger partial charge in [-0.15, -0.1) is 0 Å². The second-order valence-electron chi connectivity index (χ2n) is 18.2. The third-order valence-corrected chi connectivity index (χ3v) is 12.4. The summed E-state index contributed by atoms with van der Waals surface area (Å²) in [7, 11) is 0. The SMILES string of the molecule is CC(C)[C@@](O)(Cn1cncn1)c1ccc(F)cc1F.CC(C)[C@](O)(Cn1cncn1)c1ccc(F)cc1F.C[C@@H](O)[C@@](O)(Cn1cncn1)c1ccc(F)cc1F.C[C@@H](O)[C@](O)(Cn1cncn1)c1ccc(F)cc1F. The Kier molecular flexibility index (Phi) is 19.9. The Morgan fingerprint density at radius 3 is 0.750 bits per heavy atom. The van der Waals surface area contributed by atoms with Crippen molar-refractivity contribution in [2.75, 3.05) is 0 Å². The topological polar surface area (TPSA) is 244 Å². The van der Waals surface area contributed by atoms with Crippen molar-refractivity contribution in [1.29, 1.82) is 0 Å². The van der Waals surface area contributed by atoms with Gasteiger partial charge in [-0.1, -0.05) is 52.0 Å². The van der Waals surface area contributed by atoms with Crippen LogP contribution in [0.4, 0.5) is 35.1 Å². The monoisotopic (exact) mass is 1070 g/mol. The predicted octanol–water partition coefficient (Wildman–Crippen LogP) is 5.85. The van der Waals surface area contributed by atoms with Crippen molar-refractivity contribution in [2.24, 2.45) is 11.8 Å². The normalized spacial score (nSPS) is 15.3. The third-order valence-electron chi connectivity index (χ3n) is 12.4. The first-order chi connectivity index (χ1) is 35.7. The van der Waals surface area contributed by atoms with Crippen molar-refractivity contribution in [3.05, 3.63) is 192 Å². The van der Waals surface area contributed by atoms with E-state index in [4.69, 9.17) is 0 Å². The summed E-state index contributed by atoms with van der Waals surface area (Å²) in [5.74, 6) is -6.81. The fourth-order valence-corrected chi connectivity index (χ4v) is 7.65. The summed E-state index contributed by atoms with van der Waals surface area (Å²) in [6.07, 6.45) is 8.15. The largest absolute Gasteiger partial charge is 0.390 e. The average Bonchev–Trinajstić information content (AvgIpc) is 4.21. The van der Waals surface area contributed by atoms with Crippen LogP contribution < -0.4 is 0 Å². The van der Waals surface area contributed by atoms with Gasteiger partial charge in [0.1, 0.15) is 120 Å². The van der Waals surface area contributed by atoms with Gasteiger partial charge in [0.05, 0.1) is 38.4 Å². The molecule has 0 bridgehead atoms. The molecular weight excluding hydrogens is 1020 g/mol. The number of aliphatic hydroxyl groups excluding tert-OH is 2. The summed E-state index contributed by atoms with van der Waals surface area (Å²) < 4.78 is 112. The van der Waals surface area contributed by atoms with E-state index in [-0.39, 0.29) is 60.3 Å². The molecule has 0 aliphatic carbocycles. The number of rotatable bonds is 16. The first-order valence-corrected chi connectivity index (χ1v) is 23.1. The summed E-state index contributed by atoms with van der Waals surface area (Å²) in [6.45, 7) is 9.39. The van der Waals surface area contributed by atoms with Crippen LogP contribution in [0.1, 0.15) is 63.8 Å². The fourth-order valence-electron chi connectivity index (χ4n) is 7.65. The fraction of sp³-hybridized carbons (Fsp3) is 0.360. The van der Waals surface area contributed by atoms with Crippen molar-refractivity contribution in [2.45, 2.75) is 102 Å². The van der Waals surface area contributed by atoms with E-state index in [0.717, 1.165) is 48.5 Å². The predicted molar refractivity (Wildman–Crippen MR) is 254 cm³/mol. The van der Waals surface area contributed by atoms with E-state index >= 15 is 0 Å². The molecule has 4 aromatic carbocycles. The molecule has 0 aliphatic rings. The molecule has 0 aliphatic heterocycles. The van der Waals surface area contributed by atoms with Gasteiger partial charge < -0.3 is 30.6 Å². The maximum absolute atomic E-state index is 13.9. The van der Waals surface area contributed by atoms with Crippen LogP contribution in [0.2, 0.25) is 0 Å². The van der Waals surface area contributed by atoms with Crippen LogP contribution in [0.3, 0.4) is 0 Å². The molecule has 4 aromatic heterocycles. The summed E-state index contributed by atoms with van der Waals surface area (Å²) >= 11 is 0. The number of nitrogens with zero attached hydrogens (tertiary/aromatic N) is 12. The van der Waals surface area contributed by atoms with Crippen LogP contribution in [0, 0.1) is 58.4 Å². The highest BCUT2D eigenvalue weighted by atomic mass is 19.2. The third kappa shape index (κ3) is 14.5. The van der Waals surface area contributed by atoms with Crippen molar-refractivity contribution < 1.29 is 65.8 Å². The zero-order chi connectivity index (χ0) is 56.2. The minimum absolute atomic E-state index is 0.0488. The lowest BCUT2D eigenvalue weighted by Gasteiger charge is -2.32. The van der Waals surface area contributed by atoms with Crippen LogP contribution in [0.25, 0.3) is 0 Å². The highest BCUT2D eigenvalue weighted by Gasteiger charge is 2.41. The summed E-state index contributed by atoms with van der Waals surface area (Å²) in [5, 5.41) is 77.4. The van der Waals surface area contributed by atoms with Gasteiger partial charge in [0.2, 0.25) is 0 Å². The molecule has 76 heavy (non-hydrogen) atoms. The van der Waals surface area contributed by atoms with E-state index in [2.05, 4.69) is 40.3 Å². The van der Waals surface area contributed by atoms with Crippen molar-refractivity contribution in [3.8, 4) is 0 Å². The van der Waals surface area contributed by atoms with Crippen molar-refractivity contribution in [1.82, 2.24) is 59.1 Å². The first-order valence-electron chi connectivity index (χ1n) is 23.1. The smallest absolute Gasteiger partial charge is 0.137 e. The molecule has 0 saturated heterocycles. The molecule has 0 unspecified atom stereocenters. The standard InChI is InChI=1S/2C13H15F2N3O.2C12H13F2N3O2/c2*1-9(2)13(19,6-18-8-16-7-17-18)11-4-3-10(14)5-12(11)15;2*1-8(18)12(19,5-17-7-15-6-16-17)10-3-2-9(13)4-11(10)14/h2*3-5,7-9,19H,6H2,1-2H3;2*2-4,6-8,18-19H,5H2,1H3/t2*13-;8-,12+;8-,12-/m1011/s1. The van der Waals surface area contributed by atoms with Crippen LogP contribution in [0.5, 0.6) is 0 Å². The van der Waals surface area contributed by atoms with Crippen LogP contribution in [-0.2, 0) is 48.6 Å². The number of aromatic nitrogens is 12. The molecule has 0 radical (unpaired) electrons. The van der Waals surface area contributed by atoms with E-state index in [1.165, 1.54) is 95.3 Å². The van der Waals surface area contributed by atoms with E-state index < -0.39 is 81.1 Å². The number of benzene rings is 4. The Hall–Kier alpha value is -7.36. The molecule has 26 heteroatoms. The maximum Gasteiger partial charge on any atom is 0.137 e. The van der Waals surface area contributed by atoms with E-state index in [0.29, 0.717) is 12.1 Å². The summed E-state index contributed by atoms with van der Waals surface area (Å²) in [6, 6.07) is 11.9. The van der Waals surface area contributed by atoms with Gasteiger partial charge >= 0.3 is 0 Å². The zero-order valence-electron chi connectivity index (χ0n) is 41.8. The van der Waals surface area contributed by atoms with Crippen LogP contribution >= 0.6 is 0 Å². The van der Waals surface area contributed by atoms with Gasteiger partial charge in [-0.3, -0.25) is 0 Å². The Labute approximate surface area is 430 Å². The molecule has 0 fully saturated rings. The minimum Gasteiger partial charge on any atom is -0.390 e. The Morgan fingerprint density at radius 1 is 0.368 bits per heavy atom. The van der Waals surface area contributed by atoms with E-state index in [9.17, 15) is 65.8 Å². The molecule has 4 heterocycles. The molecular formula is C50H56F8N12O6. The van der Waals surface area contributed by atoms with Gasteiger partial charge in [0.25, 0.3) is 0 Å². The van der Waals surface area contributed by atoms with Gasteiger partial charge in [0, 0.05) is 46.5 Å². The summed E-state index contributed by atoms with van der Waals surface area (Å²) in [4.78, 5) is 15.0. The van der Waals surface area contributed by atoms with Crippen molar-refractivity contribution >= 4 is 0 Å². The van der Waals surface area contributed by atoms with Crippen LogP contribution in [-0.4, -0.2) is 102 Å². The molecule has 0 amide bonds. The summed E-state index contributed by atoms with van der Waals surface area (Å²) in [5.41, 5.74) is -7.09. The van der Waals surface area contributed by atoms with Gasteiger partial charge in [0.15, 0.2) is 0 Å². The van der Waals surface area contributed by atoms with Gasteiger partial charge in [-0.05, 0) is 49.9 Å². The van der Waals surface area contributed by atoms with Crippen LogP contribution in [0.15, 0.2) is 123 Å². The van der Waals surface area contributed by atoms with E-state index in [1.54, 1.807) is 27.7 Å². The number of aliphatic hydroxyl groups is 6. The Morgan fingerprint density at radius 2 is 0.579 bits per heavy atom. The maximum atomic E-state index is 13.9. The molecule has 6 N–H and O–H groups in total. The van der Waals surface area contributed by atoms with E-state index in [1.807, 2.05) is 0 Å². The molecule has 18 nitrogen and oxygen atoms in total. The number of hydrogen-bond donors (Lipinski definition) is 6. The Bertz CT molecular complexity index is 2640. The number of halogens is 8. The molecule has 8 rings (SSSR count). The van der Waals surface area contributed by atoms with Gasteiger partial charge in [-0.25, -0.2) is 73.8 Å². The quantitative estimate of drug-likeness (QED) is 0.0623. The zero-order valence-corrected chi connectivity index (χ0v) is 41.8. The highest BCUT2D eigenvalue weighted by Crippen LogP contribution is 2.35. The first kappa shape index (κ1) is 59.5. The minimum atomic E-state index is -1.93. The average molecular weight is 1070 g/mol. The molecule has 8 aromatic rings. The molecule has 0 spiro atoms. The van der Waals surface area contributed by atoms with Gasteiger partial charge in [-0.2, -0.15) is 20.4 Å². The highest BCUT2D eigenvalue weighted by molar-refractivity contribution is 5.29. The molecule has 0 saturated carbocycles. The Balaban J connectivity index is 0.000000187. The molecule has 408 valence electrons. The lowest BCUT2D eigenvalue weighted by atomic mass is 9.83. The second kappa shape index (κ2) is 25.5. The lowest BCUT2D eigenvalue weighted by Crippen LogP contribution is -2.42.